The Bertz CT molecular complexity index is 1810. The van der Waals surface area contributed by atoms with Gasteiger partial charge in [-0.25, -0.2) is 15.0 Å². The summed E-state index contributed by atoms with van der Waals surface area (Å²) in [7, 11) is 1.53. The van der Waals surface area contributed by atoms with Crippen molar-refractivity contribution in [3.8, 4) is 17.1 Å². The number of para-hydroxylation sites is 2. The van der Waals surface area contributed by atoms with Crippen molar-refractivity contribution in [3.05, 3.63) is 108 Å². The van der Waals surface area contributed by atoms with Gasteiger partial charge < -0.3 is 13.9 Å². The van der Waals surface area contributed by atoms with E-state index in [9.17, 15) is 19.7 Å². The first-order chi connectivity index (χ1) is 18.8. The first-order valence-electron chi connectivity index (χ1n) is 12.0. The van der Waals surface area contributed by atoms with Crippen LogP contribution in [0.15, 0.2) is 86.1 Å². The molecule has 11 heteroatoms. The Morgan fingerprint density at radius 1 is 1.18 bits per heavy atom. The van der Waals surface area contributed by atoms with Gasteiger partial charge in [-0.1, -0.05) is 41.7 Å². The summed E-state index contributed by atoms with van der Waals surface area (Å²) >= 11 is 1.16. The van der Waals surface area contributed by atoms with Crippen molar-refractivity contribution >= 4 is 29.1 Å². The number of hydrogen-bond acceptors (Lipinski definition) is 8. The van der Waals surface area contributed by atoms with Crippen molar-refractivity contribution in [1.82, 2.24) is 4.57 Å². The van der Waals surface area contributed by atoms with Crippen molar-refractivity contribution in [2.45, 2.75) is 19.9 Å². The fourth-order valence-corrected chi connectivity index (χ4v) is 5.56. The van der Waals surface area contributed by atoms with Gasteiger partial charge in [-0.2, -0.15) is 0 Å². The fourth-order valence-electron chi connectivity index (χ4n) is 4.53. The second kappa shape index (κ2) is 10.5. The SMILES string of the molecule is CCOC(=O)C1=C(C)N=c2s/c(=C/c3ccc(-c4ccccc4[N+](=O)O)o3)c(=O)n2C1c1ccccc1OC. The minimum absolute atomic E-state index is 0.0246. The molecule has 1 N–H and O–H groups in total. The number of carbonyl (C=O) groups excluding carboxylic acids is 1. The molecule has 0 spiro atoms. The largest absolute Gasteiger partial charge is 0.496 e. The van der Waals surface area contributed by atoms with Crippen LogP contribution < -0.4 is 19.6 Å². The highest BCUT2D eigenvalue weighted by Crippen LogP contribution is 2.36. The Labute approximate surface area is 225 Å². The molecule has 2 aromatic carbocycles. The van der Waals surface area contributed by atoms with Crippen LogP contribution in [0.25, 0.3) is 17.4 Å². The quantitative estimate of drug-likeness (QED) is 0.276. The Morgan fingerprint density at radius 3 is 2.67 bits per heavy atom. The van der Waals surface area contributed by atoms with Gasteiger partial charge in [-0.05, 0) is 38.1 Å². The number of allylic oxidation sites excluding steroid dienone is 1. The van der Waals surface area contributed by atoms with Gasteiger partial charge in [0, 0.05) is 17.7 Å². The predicted octanol–water partition coefficient (Wildman–Crippen LogP) is 3.87. The Morgan fingerprint density at radius 2 is 1.92 bits per heavy atom. The minimum atomic E-state index is -0.815. The topological polar surface area (TPSA) is 123 Å². The first kappa shape index (κ1) is 25.9. The molecule has 1 aliphatic heterocycles. The number of thiazole rings is 1. The summed E-state index contributed by atoms with van der Waals surface area (Å²) in [5.74, 6) is 0.649. The van der Waals surface area contributed by atoms with Gasteiger partial charge in [-0.3, -0.25) is 9.36 Å². The zero-order valence-corrected chi connectivity index (χ0v) is 22.1. The summed E-state index contributed by atoms with van der Waals surface area (Å²) in [4.78, 5) is 43.2. The van der Waals surface area contributed by atoms with E-state index in [-0.39, 0.29) is 28.3 Å². The van der Waals surface area contributed by atoms with Crippen molar-refractivity contribution in [1.29, 1.82) is 0 Å². The van der Waals surface area contributed by atoms with Gasteiger partial charge in [0.25, 0.3) is 10.5 Å². The van der Waals surface area contributed by atoms with Crippen LogP contribution in [0.5, 0.6) is 5.75 Å². The molecule has 198 valence electrons. The average molecular weight is 547 g/mol. The zero-order valence-electron chi connectivity index (χ0n) is 21.3. The molecule has 0 saturated carbocycles. The lowest BCUT2D eigenvalue weighted by atomic mass is 9.95. The molecule has 3 heterocycles. The highest BCUT2D eigenvalue weighted by molar-refractivity contribution is 7.07. The van der Waals surface area contributed by atoms with E-state index in [0.29, 0.717) is 43.4 Å². The number of benzene rings is 2. The highest BCUT2D eigenvalue weighted by Gasteiger charge is 2.35. The molecule has 5 rings (SSSR count). The van der Waals surface area contributed by atoms with Crippen LogP contribution in [-0.2, 0) is 9.53 Å². The summed E-state index contributed by atoms with van der Waals surface area (Å²) in [6.07, 6.45) is 1.58. The predicted molar refractivity (Wildman–Crippen MR) is 143 cm³/mol. The Balaban J connectivity index is 1.66. The van der Waals surface area contributed by atoms with E-state index in [1.807, 2.05) is 12.1 Å². The number of ether oxygens (including phenoxy) is 2. The van der Waals surface area contributed by atoms with Crippen LogP contribution in [0, 0.1) is 4.91 Å². The lowest BCUT2D eigenvalue weighted by Gasteiger charge is -2.25. The molecule has 1 atom stereocenters. The van der Waals surface area contributed by atoms with E-state index in [1.54, 1.807) is 62.4 Å². The summed E-state index contributed by atoms with van der Waals surface area (Å²) < 4.78 is 18.6. The van der Waals surface area contributed by atoms with Crippen molar-refractivity contribution in [2.75, 3.05) is 13.7 Å². The Kier molecular flexibility index (Phi) is 6.99. The maximum absolute atomic E-state index is 13.8. The fraction of sp³-hybridized carbons (Fsp3) is 0.179. The molecule has 0 fully saturated rings. The number of hydrogen-bond donors (Lipinski definition) is 1. The van der Waals surface area contributed by atoms with Gasteiger partial charge in [0.2, 0.25) is 0 Å². The lowest BCUT2D eigenvalue weighted by Crippen LogP contribution is -2.40. The van der Waals surface area contributed by atoms with Crippen LogP contribution >= 0.6 is 11.3 Å². The van der Waals surface area contributed by atoms with Crippen molar-refractivity contribution < 1.29 is 28.8 Å². The van der Waals surface area contributed by atoms with E-state index in [1.165, 1.54) is 17.7 Å². The maximum atomic E-state index is 13.8. The third kappa shape index (κ3) is 4.68. The third-order valence-corrected chi connectivity index (χ3v) is 7.21. The van der Waals surface area contributed by atoms with E-state index in [0.717, 1.165) is 11.3 Å². The summed E-state index contributed by atoms with van der Waals surface area (Å²) in [6, 6.07) is 16.1. The van der Waals surface area contributed by atoms with Gasteiger partial charge in [0.1, 0.15) is 23.3 Å². The number of furan rings is 1. The Hall–Kier alpha value is -4.77. The number of fused-ring (bicyclic) bond motifs is 1. The zero-order chi connectivity index (χ0) is 27.7. The number of esters is 1. The van der Waals surface area contributed by atoms with Crippen molar-refractivity contribution in [2.24, 2.45) is 4.99 Å². The average Bonchev–Trinajstić information content (AvgIpc) is 3.52. The molecule has 10 nitrogen and oxygen atoms in total. The number of methoxy groups -OCH3 is 1. The molecule has 1 aliphatic rings. The number of rotatable bonds is 7. The molecule has 0 saturated heterocycles. The van der Waals surface area contributed by atoms with Crippen LogP contribution in [0.2, 0.25) is 0 Å². The van der Waals surface area contributed by atoms with Crippen LogP contribution in [-0.4, -0.2) is 34.4 Å². The number of nitrogens with zero attached hydrogens (tertiary/aromatic N) is 3. The van der Waals surface area contributed by atoms with Gasteiger partial charge in [0.15, 0.2) is 4.80 Å². The normalized spacial score (nSPS) is 15.1. The second-order valence-corrected chi connectivity index (χ2v) is 9.55. The van der Waals surface area contributed by atoms with Crippen LogP contribution in [0.3, 0.4) is 0 Å². The summed E-state index contributed by atoms with van der Waals surface area (Å²) in [5.41, 5.74) is 1.36. The summed E-state index contributed by atoms with van der Waals surface area (Å²) in [5, 5.41) is 9.44. The van der Waals surface area contributed by atoms with E-state index in [2.05, 4.69) is 4.99 Å². The number of carbonyl (C=O) groups is 1. The van der Waals surface area contributed by atoms with E-state index >= 15 is 0 Å². The lowest BCUT2D eigenvalue weighted by molar-refractivity contribution is -0.729. The molecule has 0 aliphatic carbocycles. The van der Waals surface area contributed by atoms with Gasteiger partial charge in [0.05, 0.1) is 40.0 Å². The molecule has 39 heavy (non-hydrogen) atoms. The maximum Gasteiger partial charge on any atom is 0.338 e. The molecule has 1 unspecified atom stereocenters. The van der Waals surface area contributed by atoms with Gasteiger partial charge >= 0.3 is 11.7 Å². The minimum Gasteiger partial charge on any atom is -0.496 e. The highest BCUT2D eigenvalue weighted by atomic mass is 32.1. The smallest absolute Gasteiger partial charge is 0.338 e. The third-order valence-electron chi connectivity index (χ3n) is 6.23. The molecule has 2 aromatic heterocycles. The molecule has 0 radical (unpaired) electrons. The molecular formula is C28H24N3O7S+. The van der Waals surface area contributed by atoms with E-state index in [4.69, 9.17) is 13.9 Å². The number of aromatic nitrogens is 1. The van der Waals surface area contributed by atoms with Crippen LogP contribution in [0.4, 0.5) is 5.69 Å². The van der Waals surface area contributed by atoms with Crippen LogP contribution in [0.1, 0.15) is 31.2 Å². The summed E-state index contributed by atoms with van der Waals surface area (Å²) in [6.45, 7) is 3.60. The standard InChI is InChI=1S/C28H24N3O7S/c1-4-37-27(33)24-16(2)29-28-30(25(24)19-10-6-8-12-21(19)36-3)26(32)23(39-28)15-17-13-14-22(38-17)18-9-5-7-11-20(18)31(34)35/h5-15,25H,4H2,1-3H3,(H,34,35)/q+1/b23-15+. The molecule has 0 amide bonds. The molecule has 4 aromatic rings. The molecule has 0 bridgehead atoms. The first-order valence-corrected chi connectivity index (χ1v) is 12.8. The van der Waals surface area contributed by atoms with E-state index < -0.39 is 12.0 Å². The second-order valence-electron chi connectivity index (χ2n) is 8.54. The molecular weight excluding hydrogens is 522 g/mol. The monoisotopic (exact) mass is 546 g/mol. The van der Waals surface area contributed by atoms with Crippen molar-refractivity contribution in [3.63, 3.8) is 0 Å². The van der Waals surface area contributed by atoms with Gasteiger partial charge in [-0.15, -0.1) is 0 Å².